The Labute approximate surface area is 126 Å². The molecule has 1 aliphatic heterocycles. The number of benzene rings is 1. The van der Waals surface area contributed by atoms with Gasteiger partial charge in [-0.25, -0.2) is 0 Å². The van der Waals surface area contributed by atoms with E-state index in [4.69, 9.17) is 14.5 Å². The summed E-state index contributed by atoms with van der Waals surface area (Å²) in [5.74, 6) is 2.17. The number of allylic oxidation sites excluding steroid dienone is 4. The number of methoxy groups -OCH3 is 2. The van der Waals surface area contributed by atoms with Crippen LogP contribution in [-0.4, -0.2) is 26.5 Å². The van der Waals surface area contributed by atoms with Gasteiger partial charge in [-0.1, -0.05) is 25.2 Å². The standard InChI is InChI=1S/C18H21NO2/c1-12-4-6-13(7-5-12)18-15-11-17(21-3)16(20-2)10-14(15)8-9-19-18/h4,6-7,10-12H,5,8-9H2,1-3H3. The lowest BCUT2D eigenvalue weighted by atomic mass is 9.88. The maximum atomic E-state index is 5.44. The van der Waals surface area contributed by atoms with Crippen molar-refractivity contribution in [1.82, 2.24) is 0 Å². The molecule has 0 aromatic heterocycles. The molecule has 0 bridgehead atoms. The average molecular weight is 283 g/mol. The first-order valence-electron chi connectivity index (χ1n) is 7.41. The molecule has 21 heavy (non-hydrogen) atoms. The van der Waals surface area contributed by atoms with Crippen LogP contribution in [0.25, 0.3) is 0 Å². The van der Waals surface area contributed by atoms with E-state index in [0.717, 1.165) is 36.6 Å². The zero-order valence-corrected chi connectivity index (χ0v) is 12.8. The third-order valence-electron chi connectivity index (χ3n) is 4.10. The van der Waals surface area contributed by atoms with Crippen LogP contribution in [-0.2, 0) is 6.42 Å². The topological polar surface area (TPSA) is 30.8 Å². The van der Waals surface area contributed by atoms with Crippen LogP contribution in [0.3, 0.4) is 0 Å². The number of aliphatic imine (C=N–C) groups is 1. The molecule has 0 spiro atoms. The van der Waals surface area contributed by atoms with Crippen molar-refractivity contribution in [1.29, 1.82) is 0 Å². The second-order valence-electron chi connectivity index (χ2n) is 5.58. The number of ether oxygens (including phenoxy) is 2. The molecule has 0 radical (unpaired) electrons. The van der Waals surface area contributed by atoms with Crippen LogP contribution in [0.5, 0.6) is 11.5 Å². The predicted octanol–water partition coefficient (Wildman–Crippen LogP) is 3.57. The molecule has 1 heterocycles. The summed E-state index contributed by atoms with van der Waals surface area (Å²) >= 11 is 0. The highest BCUT2D eigenvalue weighted by molar-refractivity contribution is 6.16. The van der Waals surface area contributed by atoms with Gasteiger partial charge >= 0.3 is 0 Å². The number of fused-ring (bicyclic) bond motifs is 1. The monoisotopic (exact) mass is 283 g/mol. The van der Waals surface area contributed by atoms with Gasteiger partial charge in [-0.15, -0.1) is 0 Å². The largest absolute Gasteiger partial charge is 0.493 e. The Kier molecular flexibility index (Phi) is 3.82. The lowest BCUT2D eigenvalue weighted by molar-refractivity contribution is 0.354. The molecular weight excluding hydrogens is 262 g/mol. The van der Waals surface area contributed by atoms with E-state index in [2.05, 4.69) is 37.3 Å². The van der Waals surface area contributed by atoms with Gasteiger partial charge in [-0.2, -0.15) is 0 Å². The molecule has 1 aliphatic carbocycles. The molecule has 110 valence electrons. The molecule has 1 atom stereocenters. The summed E-state index contributed by atoms with van der Waals surface area (Å²) in [4.78, 5) is 4.75. The fraction of sp³-hybridized carbons (Fsp3) is 0.389. The van der Waals surface area contributed by atoms with Crippen molar-refractivity contribution >= 4 is 5.71 Å². The van der Waals surface area contributed by atoms with E-state index in [1.807, 2.05) is 0 Å². The van der Waals surface area contributed by atoms with Crippen molar-refractivity contribution in [3.8, 4) is 11.5 Å². The molecule has 0 amide bonds. The summed E-state index contributed by atoms with van der Waals surface area (Å²) in [6, 6.07) is 4.14. The van der Waals surface area contributed by atoms with Gasteiger partial charge in [-0.05, 0) is 42.0 Å². The Morgan fingerprint density at radius 2 is 1.90 bits per heavy atom. The van der Waals surface area contributed by atoms with Gasteiger partial charge in [0.05, 0.1) is 19.9 Å². The van der Waals surface area contributed by atoms with Gasteiger partial charge in [0.1, 0.15) is 0 Å². The van der Waals surface area contributed by atoms with Crippen molar-refractivity contribution in [3.05, 3.63) is 47.1 Å². The number of nitrogens with zero attached hydrogens (tertiary/aromatic N) is 1. The number of hydrogen-bond donors (Lipinski definition) is 0. The lowest BCUT2D eigenvalue weighted by Crippen LogP contribution is -2.16. The molecule has 3 nitrogen and oxygen atoms in total. The second kappa shape index (κ2) is 5.76. The van der Waals surface area contributed by atoms with Gasteiger partial charge < -0.3 is 9.47 Å². The van der Waals surface area contributed by atoms with Crippen molar-refractivity contribution in [2.24, 2.45) is 10.9 Å². The van der Waals surface area contributed by atoms with Crippen LogP contribution in [0.15, 0.2) is 40.9 Å². The fourth-order valence-electron chi connectivity index (χ4n) is 2.87. The van der Waals surface area contributed by atoms with Crippen molar-refractivity contribution in [2.45, 2.75) is 19.8 Å². The van der Waals surface area contributed by atoms with Crippen molar-refractivity contribution < 1.29 is 9.47 Å². The van der Waals surface area contributed by atoms with Crippen molar-refractivity contribution in [2.75, 3.05) is 20.8 Å². The van der Waals surface area contributed by atoms with Crippen LogP contribution in [0.1, 0.15) is 24.5 Å². The highest BCUT2D eigenvalue weighted by Crippen LogP contribution is 2.34. The van der Waals surface area contributed by atoms with Crippen LogP contribution in [0, 0.1) is 5.92 Å². The molecule has 1 aromatic carbocycles. The van der Waals surface area contributed by atoms with Crippen molar-refractivity contribution in [3.63, 3.8) is 0 Å². The molecule has 0 N–H and O–H groups in total. The first-order valence-corrected chi connectivity index (χ1v) is 7.41. The Morgan fingerprint density at radius 3 is 2.57 bits per heavy atom. The van der Waals surface area contributed by atoms with Gasteiger partial charge in [0.2, 0.25) is 0 Å². The predicted molar refractivity (Wildman–Crippen MR) is 85.7 cm³/mol. The Hall–Kier alpha value is -2.03. The number of hydrogen-bond acceptors (Lipinski definition) is 3. The molecule has 1 unspecified atom stereocenters. The summed E-state index contributed by atoms with van der Waals surface area (Å²) in [5, 5.41) is 0. The Morgan fingerprint density at radius 1 is 1.14 bits per heavy atom. The van der Waals surface area contributed by atoms with Gasteiger partial charge in [0, 0.05) is 12.1 Å². The van der Waals surface area contributed by atoms with Gasteiger partial charge in [-0.3, -0.25) is 4.99 Å². The van der Waals surface area contributed by atoms with E-state index in [1.165, 1.54) is 16.7 Å². The minimum atomic E-state index is 0.614. The fourth-order valence-corrected chi connectivity index (χ4v) is 2.87. The Bertz CT molecular complexity index is 641. The normalized spacial score (nSPS) is 20.4. The molecule has 0 saturated carbocycles. The quantitative estimate of drug-likeness (QED) is 0.849. The summed E-state index contributed by atoms with van der Waals surface area (Å²) in [7, 11) is 3.35. The first kappa shape index (κ1) is 13.9. The third kappa shape index (κ3) is 2.60. The molecular formula is C18H21NO2. The second-order valence-corrected chi connectivity index (χ2v) is 5.58. The van der Waals surface area contributed by atoms with E-state index in [1.54, 1.807) is 14.2 Å². The SMILES string of the molecule is COc1cc2c(cc1OC)C(C1=CCC(C)C=C1)=NCC2. The summed E-state index contributed by atoms with van der Waals surface area (Å²) < 4.78 is 10.8. The zero-order valence-electron chi connectivity index (χ0n) is 12.8. The zero-order chi connectivity index (χ0) is 14.8. The van der Waals surface area contributed by atoms with E-state index in [-0.39, 0.29) is 0 Å². The van der Waals surface area contributed by atoms with E-state index in [9.17, 15) is 0 Å². The molecule has 2 aliphatic rings. The third-order valence-corrected chi connectivity index (χ3v) is 4.10. The number of rotatable bonds is 3. The summed E-state index contributed by atoms with van der Waals surface area (Å²) in [6.07, 6.45) is 8.76. The lowest BCUT2D eigenvalue weighted by Gasteiger charge is -2.22. The highest BCUT2D eigenvalue weighted by atomic mass is 16.5. The summed E-state index contributed by atoms with van der Waals surface area (Å²) in [5.41, 5.74) is 4.76. The minimum Gasteiger partial charge on any atom is -0.493 e. The van der Waals surface area contributed by atoms with E-state index in [0.29, 0.717) is 5.92 Å². The molecule has 3 rings (SSSR count). The summed E-state index contributed by atoms with van der Waals surface area (Å²) in [6.45, 7) is 3.06. The van der Waals surface area contributed by atoms with Crippen LogP contribution >= 0.6 is 0 Å². The van der Waals surface area contributed by atoms with E-state index < -0.39 is 0 Å². The molecule has 1 aromatic rings. The van der Waals surface area contributed by atoms with Crippen LogP contribution in [0.2, 0.25) is 0 Å². The maximum Gasteiger partial charge on any atom is 0.161 e. The first-order chi connectivity index (χ1) is 10.2. The molecule has 0 fully saturated rings. The highest BCUT2D eigenvalue weighted by Gasteiger charge is 2.21. The minimum absolute atomic E-state index is 0.614. The van der Waals surface area contributed by atoms with Gasteiger partial charge in [0.15, 0.2) is 11.5 Å². The molecule has 3 heteroatoms. The Balaban J connectivity index is 2.04. The average Bonchev–Trinajstić information content (AvgIpc) is 2.53. The van der Waals surface area contributed by atoms with Gasteiger partial charge in [0.25, 0.3) is 0 Å². The maximum absolute atomic E-state index is 5.44. The van der Waals surface area contributed by atoms with Crippen LogP contribution in [0.4, 0.5) is 0 Å². The smallest absolute Gasteiger partial charge is 0.161 e. The van der Waals surface area contributed by atoms with E-state index >= 15 is 0 Å². The molecule has 0 saturated heterocycles. The van der Waals surface area contributed by atoms with Crippen LogP contribution < -0.4 is 9.47 Å².